The Hall–Kier alpha value is -2.67. The molecule has 0 fully saturated rings. The second-order valence-corrected chi connectivity index (χ2v) is 7.78. The normalized spacial score (nSPS) is 16.3. The maximum atomic E-state index is 13.0. The van der Waals surface area contributed by atoms with Crippen LogP contribution in [-0.4, -0.2) is 32.8 Å². The maximum absolute atomic E-state index is 13.0. The van der Waals surface area contributed by atoms with Crippen LogP contribution in [0.2, 0.25) is 0 Å². The van der Waals surface area contributed by atoms with Crippen molar-refractivity contribution >= 4 is 11.7 Å². The van der Waals surface area contributed by atoms with E-state index in [1.807, 2.05) is 32.0 Å². The van der Waals surface area contributed by atoms with Crippen LogP contribution in [0.4, 0.5) is 5.82 Å². The highest BCUT2D eigenvalue weighted by molar-refractivity contribution is 5.75. The number of nitrogens with one attached hydrogen (secondary N) is 1. The molecule has 7 heteroatoms. The van der Waals surface area contributed by atoms with E-state index in [-0.39, 0.29) is 36.4 Å². The Bertz CT molecular complexity index is 990. The number of ether oxygens (including phenoxy) is 1. The standard InChI is InChI=1S/C22H29N3O4/c1-15(2)29-20-17(14-16-8-5-4-6-9-16)10-11-18-19(23-20)24(3)22(28)25(21(18)27)12-7-13-26/h4-6,8-9,15,17,26H,7,10-14H2,1-3H3/p+1. The molecule has 1 unspecified atom stereocenters. The van der Waals surface area contributed by atoms with Gasteiger partial charge in [-0.25, -0.2) is 14.4 Å². The highest BCUT2D eigenvalue weighted by Crippen LogP contribution is 2.20. The summed E-state index contributed by atoms with van der Waals surface area (Å²) in [6.45, 7) is 4.07. The van der Waals surface area contributed by atoms with Gasteiger partial charge in [-0.3, -0.25) is 4.79 Å². The molecular formula is C22H30N3O4+. The van der Waals surface area contributed by atoms with Crippen LogP contribution in [0.3, 0.4) is 0 Å². The Balaban J connectivity index is 2.06. The molecule has 0 bridgehead atoms. The summed E-state index contributed by atoms with van der Waals surface area (Å²) in [5.74, 6) is 1.28. The van der Waals surface area contributed by atoms with Gasteiger partial charge in [0, 0.05) is 13.2 Å². The van der Waals surface area contributed by atoms with E-state index in [1.165, 1.54) is 14.7 Å². The fourth-order valence-corrected chi connectivity index (χ4v) is 3.78. The lowest BCUT2D eigenvalue weighted by atomic mass is 9.93. The van der Waals surface area contributed by atoms with Crippen LogP contribution in [0.1, 0.15) is 37.8 Å². The highest BCUT2D eigenvalue weighted by atomic mass is 16.5. The molecule has 156 valence electrons. The van der Waals surface area contributed by atoms with E-state index in [2.05, 4.69) is 17.1 Å². The summed E-state index contributed by atoms with van der Waals surface area (Å²) in [6, 6.07) is 10.2. The van der Waals surface area contributed by atoms with Gasteiger partial charge in [-0.15, -0.1) is 0 Å². The second kappa shape index (κ2) is 9.22. The van der Waals surface area contributed by atoms with Crippen molar-refractivity contribution < 1.29 is 14.8 Å². The molecule has 0 amide bonds. The van der Waals surface area contributed by atoms with Crippen LogP contribution in [0.5, 0.6) is 0 Å². The monoisotopic (exact) mass is 400 g/mol. The number of aliphatic hydroxyl groups is 1. The smallest absolute Gasteiger partial charge is 0.418 e. The molecule has 1 aromatic carbocycles. The van der Waals surface area contributed by atoms with Gasteiger partial charge in [0.25, 0.3) is 17.3 Å². The van der Waals surface area contributed by atoms with Crippen molar-refractivity contribution in [1.82, 2.24) is 9.13 Å². The van der Waals surface area contributed by atoms with Crippen LogP contribution < -0.4 is 16.2 Å². The second-order valence-electron chi connectivity index (χ2n) is 7.78. The topological polar surface area (TPSA) is 87.4 Å². The third-order valence-electron chi connectivity index (χ3n) is 5.23. The Morgan fingerprint density at radius 3 is 2.62 bits per heavy atom. The maximum Gasteiger partial charge on any atom is 0.418 e. The third-order valence-corrected chi connectivity index (χ3v) is 5.23. The van der Waals surface area contributed by atoms with Crippen LogP contribution in [-0.2, 0) is 31.2 Å². The number of rotatable bonds is 6. The molecule has 0 saturated carbocycles. The van der Waals surface area contributed by atoms with Crippen molar-refractivity contribution in [3.8, 4) is 0 Å². The first-order valence-corrected chi connectivity index (χ1v) is 10.2. The Kier molecular flexibility index (Phi) is 6.69. The lowest BCUT2D eigenvalue weighted by Gasteiger charge is -2.18. The van der Waals surface area contributed by atoms with Crippen molar-refractivity contribution in [3.05, 3.63) is 62.3 Å². The van der Waals surface area contributed by atoms with Crippen molar-refractivity contribution in [3.63, 3.8) is 0 Å². The summed E-state index contributed by atoms with van der Waals surface area (Å²) in [6.07, 6.45) is 2.42. The molecule has 0 radical (unpaired) electrons. The lowest BCUT2D eigenvalue weighted by molar-refractivity contribution is -0.381. The van der Waals surface area contributed by atoms with Gasteiger partial charge in [0.15, 0.2) is 0 Å². The predicted octanol–water partition coefficient (Wildman–Crippen LogP) is 0.270. The average molecular weight is 400 g/mol. The molecule has 0 spiro atoms. The van der Waals surface area contributed by atoms with Crippen LogP contribution in [0.15, 0.2) is 39.9 Å². The van der Waals surface area contributed by atoms with Crippen LogP contribution in [0.25, 0.3) is 0 Å². The Morgan fingerprint density at radius 2 is 1.97 bits per heavy atom. The summed E-state index contributed by atoms with van der Waals surface area (Å²) >= 11 is 0. The quantitative estimate of drug-likeness (QED) is 0.729. The first-order chi connectivity index (χ1) is 13.9. The van der Waals surface area contributed by atoms with E-state index >= 15 is 0 Å². The van der Waals surface area contributed by atoms with Gasteiger partial charge in [-0.2, -0.15) is 4.57 Å². The average Bonchev–Trinajstić information content (AvgIpc) is 2.87. The number of benzene rings is 1. The molecule has 2 heterocycles. The van der Waals surface area contributed by atoms with Crippen molar-refractivity contribution in [2.24, 2.45) is 13.0 Å². The van der Waals surface area contributed by atoms with Gasteiger partial charge in [0.1, 0.15) is 5.56 Å². The zero-order valence-corrected chi connectivity index (χ0v) is 17.4. The molecule has 2 N–H and O–H groups in total. The minimum absolute atomic E-state index is 0.0284. The number of fused-ring (bicyclic) bond motifs is 1. The van der Waals surface area contributed by atoms with Gasteiger partial charge >= 0.3 is 5.69 Å². The molecule has 2 aromatic rings. The van der Waals surface area contributed by atoms with E-state index < -0.39 is 0 Å². The Labute approximate surface area is 170 Å². The van der Waals surface area contributed by atoms with Gasteiger partial charge in [-0.1, -0.05) is 30.3 Å². The van der Waals surface area contributed by atoms with Gasteiger partial charge in [0.05, 0.1) is 19.1 Å². The minimum Gasteiger partial charge on any atom is -0.463 e. The summed E-state index contributed by atoms with van der Waals surface area (Å²) in [5, 5.41) is 9.10. The van der Waals surface area contributed by atoms with Crippen molar-refractivity contribution in [2.75, 3.05) is 6.61 Å². The first kappa shape index (κ1) is 21.0. The molecule has 1 atom stereocenters. The Morgan fingerprint density at radius 1 is 1.24 bits per heavy atom. The molecule has 0 aliphatic carbocycles. The van der Waals surface area contributed by atoms with E-state index in [0.717, 1.165) is 12.8 Å². The molecule has 1 aliphatic rings. The van der Waals surface area contributed by atoms with Crippen molar-refractivity contribution in [1.29, 1.82) is 0 Å². The number of aliphatic hydroxyl groups excluding tert-OH is 1. The predicted molar refractivity (Wildman–Crippen MR) is 111 cm³/mol. The van der Waals surface area contributed by atoms with Crippen LogP contribution in [0, 0.1) is 5.92 Å². The van der Waals surface area contributed by atoms with Gasteiger partial charge in [-0.05, 0) is 45.1 Å². The van der Waals surface area contributed by atoms with Gasteiger partial charge < -0.3 is 9.84 Å². The van der Waals surface area contributed by atoms with Gasteiger partial charge in [0.2, 0.25) is 0 Å². The molecule has 0 saturated heterocycles. The van der Waals surface area contributed by atoms with E-state index in [0.29, 0.717) is 30.1 Å². The highest BCUT2D eigenvalue weighted by Gasteiger charge is 2.31. The zero-order valence-electron chi connectivity index (χ0n) is 17.4. The van der Waals surface area contributed by atoms with Crippen LogP contribution >= 0.6 is 0 Å². The molecule has 1 aromatic heterocycles. The number of nitrogens with zero attached hydrogens (tertiary/aromatic N) is 2. The summed E-state index contributed by atoms with van der Waals surface area (Å²) < 4.78 is 8.79. The van der Waals surface area contributed by atoms with E-state index in [9.17, 15) is 9.59 Å². The first-order valence-electron chi connectivity index (χ1n) is 10.2. The van der Waals surface area contributed by atoms with E-state index in [4.69, 9.17) is 9.84 Å². The molecule has 3 rings (SSSR count). The fraction of sp³-hybridized carbons (Fsp3) is 0.500. The summed E-state index contributed by atoms with van der Waals surface area (Å²) in [7, 11) is 1.66. The number of aromatic nitrogens is 2. The fourth-order valence-electron chi connectivity index (χ4n) is 3.78. The molecule has 7 nitrogen and oxygen atoms in total. The molecule has 29 heavy (non-hydrogen) atoms. The summed E-state index contributed by atoms with van der Waals surface area (Å²) in [4.78, 5) is 29.0. The third kappa shape index (κ3) is 4.67. The number of hydrogen-bond acceptors (Lipinski definition) is 4. The molecule has 1 aliphatic heterocycles. The summed E-state index contributed by atoms with van der Waals surface area (Å²) in [5.41, 5.74) is 1.11. The lowest BCUT2D eigenvalue weighted by Crippen LogP contribution is -2.72. The minimum atomic E-state index is -0.389. The van der Waals surface area contributed by atoms with E-state index in [1.54, 1.807) is 7.05 Å². The van der Waals surface area contributed by atoms with Crippen molar-refractivity contribution in [2.45, 2.75) is 52.2 Å². The zero-order chi connectivity index (χ0) is 21.0. The largest absolute Gasteiger partial charge is 0.463 e. The molecular weight excluding hydrogens is 370 g/mol. The number of hydrogen-bond donors (Lipinski definition) is 2. The SMILES string of the molecule is CC(C)OC1=[NH+]c2c(c(=O)n(CCCO)c(=O)n2C)CCC1Cc1ccccc1.